The van der Waals surface area contributed by atoms with Crippen molar-refractivity contribution in [2.24, 2.45) is 5.92 Å². The topological polar surface area (TPSA) is 29.1 Å². The van der Waals surface area contributed by atoms with E-state index in [-0.39, 0.29) is 23.2 Å². The van der Waals surface area contributed by atoms with Crippen LogP contribution in [0.5, 0.6) is 0 Å². The number of carbonyl (C=O) groups is 1. The smallest absolute Gasteiger partial charge is 0.232 e. The van der Waals surface area contributed by atoms with Gasteiger partial charge in [-0.2, -0.15) is 0 Å². The molecule has 0 fully saturated rings. The standard InChI is InChI=1S/C21H26ClNO/c1-14(2)19(15-6-10-17(22)11-7-15)20(24)23-18-12-8-16(9-13-18)21(3,4)5/h6-14,19H,1-5H3,(H,23,24)/t19-/m0/s1. The van der Waals surface area contributed by atoms with Crippen LogP contribution in [0.2, 0.25) is 5.02 Å². The zero-order valence-electron chi connectivity index (χ0n) is 15.1. The van der Waals surface area contributed by atoms with Crippen LogP contribution < -0.4 is 5.32 Å². The Bertz CT molecular complexity index is 681. The van der Waals surface area contributed by atoms with Crippen LogP contribution in [0, 0.1) is 5.92 Å². The van der Waals surface area contributed by atoms with Gasteiger partial charge in [0, 0.05) is 10.7 Å². The van der Waals surface area contributed by atoms with Crippen LogP contribution in [0.1, 0.15) is 51.7 Å². The van der Waals surface area contributed by atoms with E-state index in [4.69, 9.17) is 11.6 Å². The van der Waals surface area contributed by atoms with Gasteiger partial charge in [0.1, 0.15) is 0 Å². The van der Waals surface area contributed by atoms with Crippen molar-refractivity contribution in [2.75, 3.05) is 5.32 Å². The first-order chi connectivity index (χ1) is 11.2. The second-order valence-corrected chi connectivity index (χ2v) is 8.03. The third kappa shape index (κ3) is 4.61. The highest BCUT2D eigenvalue weighted by Gasteiger charge is 2.24. The van der Waals surface area contributed by atoms with Crippen molar-refractivity contribution < 1.29 is 4.79 Å². The van der Waals surface area contributed by atoms with E-state index in [1.165, 1.54) is 5.56 Å². The summed E-state index contributed by atoms with van der Waals surface area (Å²) in [6.45, 7) is 10.6. The molecular formula is C21H26ClNO. The lowest BCUT2D eigenvalue weighted by Gasteiger charge is -2.22. The molecule has 1 atom stereocenters. The summed E-state index contributed by atoms with van der Waals surface area (Å²) >= 11 is 5.96. The second kappa shape index (κ2) is 7.40. The fraction of sp³-hybridized carbons (Fsp3) is 0.381. The monoisotopic (exact) mass is 343 g/mol. The molecule has 0 unspecified atom stereocenters. The van der Waals surface area contributed by atoms with Crippen LogP contribution in [0.25, 0.3) is 0 Å². The summed E-state index contributed by atoms with van der Waals surface area (Å²) in [5.74, 6) is 0.000384. The molecule has 0 saturated carbocycles. The van der Waals surface area contributed by atoms with Gasteiger partial charge in [0.2, 0.25) is 5.91 Å². The summed E-state index contributed by atoms with van der Waals surface area (Å²) in [6.07, 6.45) is 0. The number of nitrogens with one attached hydrogen (secondary N) is 1. The normalized spacial score (nSPS) is 13.0. The molecular weight excluding hydrogens is 318 g/mol. The highest BCUT2D eigenvalue weighted by molar-refractivity contribution is 6.30. The van der Waals surface area contributed by atoms with Gasteiger partial charge in [0.25, 0.3) is 0 Å². The molecule has 0 radical (unpaired) electrons. The molecule has 0 aliphatic carbocycles. The Kier molecular flexibility index (Phi) is 5.71. The first-order valence-electron chi connectivity index (χ1n) is 8.35. The van der Waals surface area contributed by atoms with Crippen LogP contribution in [0.15, 0.2) is 48.5 Å². The Hall–Kier alpha value is -1.80. The number of amides is 1. The Balaban J connectivity index is 2.18. The molecule has 0 heterocycles. The lowest BCUT2D eigenvalue weighted by atomic mass is 9.86. The van der Waals surface area contributed by atoms with Gasteiger partial charge < -0.3 is 5.32 Å². The van der Waals surface area contributed by atoms with Gasteiger partial charge in [-0.1, -0.05) is 70.5 Å². The maximum absolute atomic E-state index is 12.8. The summed E-state index contributed by atoms with van der Waals surface area (Å²) in [5.41, 5.74) is 3.16. The number of rotatable bonds is 4. The predicted molar refractivity (Wildman–Crippen MR) is 103 cm³/mol. The van der Waals surface area contributed by atoms with E-state index in [0.717, 1.165) is 11.3 Å². The van der Waals surface area contributed by atoms with Crippen molar-refractivity contribution >= 4 is 23.2 Å². The van der Waals surface area contributed by atoms with Gasteiger partial charge in [-0.05, 0) is 46.7 Å². The van der Waals surface area contributed by atoms with Crippen LogP contribution in [0.4, 0.5) is 5.69 Å². The zero-order chi connectivity index (χ0) is 17.9. The molecule has 1 N–H and O–H groups in total. The Morgan fingerprint density at radius 3 is 1.96 bits per heavy atom. The SMILES string of the molecule is CC(C)[C@H](C(=O)Nc1ccc(C(C)(C)C)cc1)c1ccc(Cl)cc1. The summed E-state index contributed by atoms with van der Waals surface area (Å²) in [5, 5.41) is 3.72. The van der Waals surface area contributed by atoms with Gasteiger partial charge in [-0.3, -0.25) is 4.79 Å². The Labute approximate surface area is 150 Å². The Morgan fingerprint density at radius 1 is 0.958 bits per heavy atom. The summed E-state index contributed by atoms with van der Waals surface area (Å²) in [7, 11) is 0. The maximum atomic E-state index is 12.8. The third-order valence-electron chi connectivity index (χ3n) is 4.20. The molecule has 128 valence electrons. The number of benzene rings is 2. The minimum absolute atomic E-state index is 0.0100. The van der Waals surface area contributed by atoms with Gasteiger partial charge in [0.05, 0.1) is 5.92 Å². The van der Waals surface area contributed by atoms with Gasteiger partial charge in [0.15, 0.2) is 0 Å². The average molecular weight is 344 g/mol. The third-order valence-corrected chi connectivity index (χ3v) is 4.45. The first kappa shape index (κ1) is 18.5. The molecule has 2 aromatic carbocycles. The molecule has 0 spiro atoms. The largest absolute Gasteiger partial charge is 0.326 e. The van der Waals surface area contributed by atoms with E-state index in [1.807, 2.05) is 36.4 Å². The van der Waals surface area contributed by atoms with Crippen molar-refractivity contribution in [3.8, 4) is 0 Å². The van der Waals surface area contributed by atoms with Crippen molar-refractivity contribution in [1.82, 2.24) is 0 Å². The lowest BCUT2D eigenvalue weighted by Crippen LogP contribution is -2.25. The fourth-order valence-corrected chi connectivity index (χ4v) is 2.91. The molecule has 3 heteroatoms. The van der Waals surface area contributed by atoms with Crippen LogP contribution in [0.3, 0.4) is 0 Å². The lowest BCUT2D eigenvalue weighted by molar-refractivity contribution is -0.118. The molecule has 2 aromatic rings. The van der Waals surface area contributed by atoms with Crippen molar-refractivity contribution in [1.29, 1.82) is 0 Å². The Morgan fingerprint density at radius 2 is 1.50 bits per heavy atom. The minimum atomic E-state index is -0.204. The van der Waals surface area contributed by atoms with Crippen molar-refractivity contribution in [3.63, 3.8) is 0 Å². The molecule has 0 saturated heterocycles. The van der Waals surface area contributed by atoms with E-state index in [0.29, 0.717) is 5.02 Å². The molecule has 24 heavy (non-hydrogen) atoms. The number of carbonyl (C=O) groups excluding carboxylic acids is 1. The van der Waals surface area contributed by atoms with E-state index < -0.39 is 0 Å². The van der Waals surface area contributed by atoms with Crippen LogP contribution in [-0.4, -0.2) is 5.91 Å². The fourth-order valence-electron chi connectivity index (χ4n) is 2.78. The van der Waals surface area contributed by atoms with Crippen LogP contribution >= 0.6 is 11.6 Å². The van der Waals surface area contributed by atoms with Crippen molar-refractivity contribution in [2.45, 2.75) is 46.0 Å². The van der Waals surface area contributed by atoms with E-state index in [9.17, 15) is 4.79 Å². The first-order valence-corrected chi connectivity index (χ1v) is 8.73. The molecule has 1 amide bonds. The second-order valence-electron chi connectivity index (χ2n) is 7.59. The maximum Gasteiger partial charge on any atom is 0.232 e. The summed E-state index contributed by atoms with van der Waals surface area (Å²) < 4.78 is 0. The highest BCUT2D eigenvalue weighted by atomic mass is 35.5. The van der Waals surface area contributed by atoms with E-state index in [2.05, 4.69) is 52.1 Å². The molecule has 2 nitrogen and oxygen atoms in total. The summed E-state index contributed by atoms with van der Waals surface area (Å²) in [6, 6.07) is 15.6. The quantitative estimate of drug-likeness (QED) is 0.723. The van der Waals surface area contributed by atoms with Gasteiger partial charge in [-0.25, -0.2) is 0 Å². The number of halogens is 1. The molecule has 0 bridgehead atoms. The zero-order valence-corrected chi connectivity index (χ0v) is 15.8. The predicted octanol–water partition coefficient (Wildman–Crippen LogP) is 6.02. The number of anilines is 1. The average Bonchev–Trinajstić information content (AvgIpc) is 2.49. The van der Waals surface area contributed by atoms with E-state index in [1.54, 1.807) is 0 Å². The molecule has 0 aliphatic heterocycles. The van der Waals surface area contributed by atoms with Gasteiger partial charge >= 0.3 is 0 Å². The molecule has 0 aliphatic rings. The van der Waals surface area contributed by atoms with E-state index >= 15 is 0 Å². The van der Waals surface area contributed by atoms with Gasteiger partial charge in [-0.15, -0.1) is 0 Å². The number of hydrogen-bond donors (Lipinski definition) is 1. The highest BCUT2D eigenvalue weighted by Crippen LogP contribution is 2.28. The molecule has 2 rings (SSSR count). The number of hydrogen-bond acceptors (Lipinski definition) is 1. The minimum Gasteiger partial charge on any atom is -0.326 e. The van der Waals surface area contributed by atoms with Crippen LogP contribution in [-0.2, 0) is 10.2 Å². The summed E-state index contributed by atoms with van der Waals surface area (Å²) in [4.78, 5) is 12.8. The molecule has 0 aromatic heterocycles. The van der Waals surface area contributed by atoms with Crippen molar-refractivity contribution in [3.05, 3.63) is 64.7 Å².